The summed E-state index contributed by atoms with van der Waals surface area (Å²) < 4.78 is 50.4. The lowest BCUT2D eigenvalue weighted by atomic mass is 10.1. The van der Waals surface area contributed by atoms with Crippen LogP contribution in [0, 0.1) is 6.92 Å². The smallest absolute Gasteiger partial charge is 0.390 e. The molecule has 0 radical (unpaired) electrons. The molecule has 3 atom stereocenters. The number of hydrogen-bond donors (Lipinski definition) is 2. The number of rotatable bonds is 5. The number of nitrogens with zero attached hydrogens (tertiary/aromatic N) is 1. The molecule has 0 saturated carbocycles. The molecule has 2 aromatic rings. The Hall–Kier alpha value is -2.43. The van der Waals surface area contributed by atoms with Crippen LogP contribution in [0.2, 0.25) is 0 Å². The molecular weight excluding hydrogens is 381 g/mol. The van der Waals surface area contributed by atoms with Crippen molar-refractivity contribution >= 4 is 0 Å². The molecule has 1 aliphatic rings. The monoisotopic (exact) mass is 400 g/mol. The summed E-state index contributed by atoms with van der Waals surface area (Å²) in [6.45, 7) is 2.21. The Balaban J connectivity index is 1.68. The first-order valence-electron chi connectivity index (χ1n) is 8.54. The van der Waals surface area contributed by atoms with Gasteiger partial charge in [-0.3, -0.25) is 14.3 Å². The van der Waals surface area contributed by atoms with Crippen molar-refractivity contribution in [3.63, 3.8) is 0 Å². The number of hydrogen-bond acceptors (Lipinski definition) is 5. The van der Waals surface area contributed by atoms with Crippen molar-refractivity contribution in [1.82, 2.24) is 9.55 Å². The van der Waals surface area contributed by atoms with E-state index in [2.05, 4.69) is 0 Å². The summed E-state index contributed by atoms with van der Waals surface area (Å²) in [6.07, 6.45) is -7.61. The molecule has 3 unspecified atom stereocenters. The maximum Gasteiger partial charge on any atom is 0.423 e. The number of aryl methyl sites for hydroxylation is 1. The zero-order valence-electron chi connectivity index (χ0n) is 14.9. The Morgan fingerprint density at radius 3 is 2.79 bits per heavy atom. The quantitative estimate of drug-likeness (QED) is 0.797. The first-order chi connectivity index (χ1) is 13.1. The molecule has 0 aliphatic carbocycles. The summed E-state index contributed by atoms with van der Waals surface area (Å²) in [7, 11) is 0. The van der Waals surface area contributed by atoms with E-state index in [1.54, 1.807) is 4.98 Å². The fourth-order valence-corrected chi connectivity index (χ4v) is 3.03. The van der Waals surface area contributed by atoms with Gasteiger partial charge < -0.3 is 14.6 Å². The molecule has 1 aromatic heterocycles. The van der Waals surface area contributed by atoms with Crippen LogP contribution < -0.4 is 11.2 Å². The number of aliphatic hydroxyl groups is 1. The summed E-state index contributed by atoms with van der Waals surface area (Å²) in [5, 5.41) is 10.1. The number of nitrogens with one attached hydrogen (secondary N) is 1. The van der Waals surface area contributed by atoms with Gasteiger partial charge in [0.1, 0.15) is 17.9 Å². The standard InChI is InChI=1S/C18H19F3N2O5/c1-10-3-2-4-11(5-10)8-27-9-14-13(24)6-15(28-14)23-7-12(18(19,20)21)16(25)22-17(23)26/h2-5,7,13-15,24H,6,8-9H2,1H3,(H,22,25,26). The van der Waals surface area contributed by atoms with Crippen LogP contribution in [-0.2, 0) is 22.3 Å². The van der Waals surface area contributed by atoms with Crippen LogP contribution in [0.5, 0.6) is 0 Å². The maximum absolute atomic E-state index is 12.9. The van der Waals surface area contributed by atoms with Crippen LogP contribution in [0.25, 0.3) is 0 Å². The lowest BCUT2D eigenvalue weighted by Gasteiger charge is -2.17. The van der Waals surface area contributed by atoms with E-state index in [1.165, 1.54) is 0 Å². The fraction of sp³-hybridized carbons (Fsp3) is 0.444. The molecule has 2 N–H and O–H groups in total. The molecule has 10 heteroatoms. The molecule has 0 amide bonds. The SMILES string of the molecule is Cc1cccc(COCC2OC(n3cc(C(F)(F)F)c(=O)[nH]c3=O)CC2O)c1. The van der Waals surface area contributed by atoms with E-state index in [-0.39, 0.29) is 19.6 Å². The van der Waals surface area contributed by atoms with E-state index in [4.69, 9.17) is 9.47 Å². The van der Waals surface area contributed by atoms with E-state index in [0.717, 1.165) is 11.1 Å². The first kappa shape index (κ1) is 20.3. The first-order valence-corrected chi connectivity index (χ1v) is 8.54. The molecule has 2 heterocycles. The Morgan fingerprint density at radius 1 is 1.36 bits per heavy atom. The molecule has 1 fully saturated rings. The Labute approximate surface area is 157 Å². The molecule has 0 bridgehead atoms. The molecule has 1 saturated heterocycles. The second-order valence-electron chi connectivity index (χ2n) is 6.64. The molecule has 1 aliphatic heterocycles. The number of benzene rings is 1. The molecular formula is C18H19F3N2O5. The minimum absolute atomic E-state index is 0.00413. The lowest BCUT2D eigenvalue weighted by molar-refractivity contribution is -0.139. The summed E-state index contributed by atoms with van der Waals surface area (Å²) in [5.74, 6) is 0. The third-order valence-corrected chi connectivity index (χ3v) is 4.42. The van der Waals surface area contributed by atoms with Crippen molar-refractivity contribution in [2.75, 3.05) is 6.61 Å². The summed E-state index contributed by atoms with van der Waals surface area (Å²) in [4.78, 5) is 24.9. The fourth-order valence-electron chi connectivity index (χ4n) is 3.03. The van der Waals surface area contributed by atoms with Gasteiger partial charge in [-0.05, 0) is 12.5 Å². The number of halogens is 3. The van der Waals surface area contributed by atoms with Gasteiger partial charge in [0.05, 0.1) is 19.3 Å². The van der Waals surface area contributed by atoms with E-state index in [9.17, 15) is 27.9 Å². The molecule has 28 heavy (non-hydrogen) atoms. The Kier molecular flexibility index (Phi) is 5.73. The van der Waals surface area contributed by atoms with Crippen molar-refractivity contribution in [2.24, 2.45) is 0 Å². The van der Waals surface area contributed by atoms with E-state index in [1.807, 2.05) is 31.2 Å². The van der Waals surface area contributed by atoms with Crippen molar-refractivity contribution < 1.29 is 27.8 Å². The third-order valence-electron chi connectivity index (χ3n) is 4.42. The van der Waals surface area contributed by atoms with Gasteiger partial charge in [-0.1, -0.05) is 29.8 Å². The van der Waals surface area contributed by atoms with Gasteiger partial charge in [0.2, 0.25) is 0 Å². The van der Waals surface area contributed by atoms with Gasteiger partial charge in [0, 0.05) is 12.6 Å². The van der Waals surface area contributed by atoms with Gasteiger partial charge in [0.15, 0.2) is 0 Å². The third kappa shape index (κ3) is 4.51. The van der Waals surface area contributed by atoms with E-state index >= 15 is 0 Å². The Morgan fingerprint density at radius 2 is 2.11 bits per heavy atom. The summed E-state index contributed by atoms with van der Waals surface area (Å²) in [5.41, 5.74) is -2.09. The zero-order chi connectivity index (χ0) is 20.5. The Bertz CT molecular complexity index is 953. The van der Waals surface area contributed by atoms with E-state index < -0.39 is 41.4 Å². The lowest BCUT2D eigenvalue weighted by Crippen LogP contribution is -2.36. The second kappa shape index (κ2) is 7.90. The molecule has 3 rings (SSSR count). The van der Waals surface area contributed by atoms with E-state index in [0.29, 0.717) is 10.8 Å². The average molecular weight is 400 g/mol. The van der Waals surface area contributed by atoms with Gasteiger partial charge in [-0.15, -0.1) is 0 Å². The zero-order valence-corrected chi connectivity index (χ0v) is 14.9. The van der Waals surface area contributed by atoms with Gasteiger partial charge in [-0.25, -0.2) is 4.79 Å². The van der Waals surface area contributed by atoms with Crippen molar-refractivity contribution in [3.8, 4) is 0 Å². The number of ether oxygens (including phenoxy) is 2. The maximum atomic E-state index is 12.9. The van der Waals surface area contributed by atoms with Crippen LogP contribution in [0.4, 0.5) is 13.2 Å². The summed E-state index contributed by atoms with van der Waals surface area (Å²) >= 11 is 0. The highest BCUT2D eigenvalue weighted by Gasteiger charge is 2.39. The highest BCUT2D eigenvalue weighted by Crippen LogP contribution is 2.30. The number of aromatic amines is 1. The molecule has 0 spiro atoms. The van der Waals surface area contributed by atoms with Crippen molar-refractivity contribution in [1.29, 1.82) is 0 Å². The minimum Gasteiger partial charge on any atom is -0.390 e. The predicted octanol–water partition coefficient (Wildman–Crippen LogP) is 1.73. The van der Waals surface area contributed by atoms with Crippen molar-refractivity contribution in [3.05, 3.63) is 68.0 Å². The van der Waals surface area contributed by atoms with Gasteiger partial charge in [0.25, 0.3) is 5.56 Å². The number of H-pyrrole nitrogens is 1. The van der Waals surface area contributed by atoms with Crippen LogP contribution in [-0.4, -0.2) is 33.5 Å². The normalized spacial score (nSPS) is 22.5. The largest absolute Gasteiger partial charge is 0.423 e. The van der Waals surface area contributed by atoms with Crippen LogP contribution in [0.1, 0.15) is 29.3 Å². The number of aromatic nitrogens is 2. The minimum atomic E-state index is -4.92. The van der Waals surface area contributed by atoms with Gasteiger partial charge in [-0.2, -0.15) is 13.2 Å². The van der Waals surface area contributed by atoms with Crippen molar-refractivity contribution in [2.45, 2.75) is 44.6 Å². The highest BCUT2D eigenvalue weighted by atomic mass is 19.4. The van der Waals surface area contributed by atoms with Gasteiger partial charge >= 0.3 is 11.9 Å². The molecule has 152 valence electrons. The topological polar surface area (TPSA) is 93.5 Å². The molecule has 7 nitrogen and oxygen atoms in total. The number of aliphatic hydroxyl groups excluding tert-OH is 1. The number of alkyl halides is 3. The van der Waals surface area contributed by atoms with Crippen LogP contribution >= 0.6 is 0 Å². The highest BCUT2D eigenvalue weighted by molar-refractivity contribution is 5.21. The second-order valence-corrected chi connectivity index (χ2v) is 6.64. The van der Waals surface area contributed by atoms with Crippen LogP contribution in [0.15, 0.2) is 40.1 Å². The predicted molar refractivity (Wildman–Crippen MR) is 91.7 cm³/mol. The average Bonchev–Trinajstić information content (AvgIpc) is 2.94. The summed E-state index contributed by atoms with van der Waals surface area (Å²) in [6, 6.07) is 7.63. The van der Waals surface area contributed by atoms with Crippen LogP contribution in [0.3, 0.4) is 0 Å². The molecule has 1 aromatic carbocycles.